The maximum atomic E-state index is 5.94. The van der Waals surface area contributed by atoms with Crippen LogP contribution in [0.2, 0.25) is 0 Å². The Hall–Kier alpha value is -0.0400. The van der Waals surface area contributed by atoms with Crippen molar-refractivity contribution in [1.82, 2.24) is 0 Å². The minimum absolute atomic E-state index is 0.569. The minimum atomic E-state index is 0.569. The highest BCUT2D eigenvalue weighted by Gasteiger charge is 2.57. The maximum absolute atomic E-state index is 5.94. The van der Waals surface area contributed by atoms with Crippen molar-refractivity contribution in [3.8, 4) is 0 Å². The van der Waals surface area contributed by atoms with Crippen LogP contribution >= 0.6 is 0 Å². The summed E-state index contributed by atoms with van der Waals surface area (Å²) in [5.74, 6) is 3.89. The van der Waals surface area contributed by atoms with Crippen molar-refractivity contribution in [3.05, 3.63) is 0 Å². The van der Waals surface area contributed by atoms with E-state index in [0.29, 0.717) is 12.2 Å². The van der Waals surface area contributed by atoms with E-state index >= 15 is 0 Å². The van der Waals surface area contributed by atoms with Gasteiger partial charge in [-0.25, -0.2) is 0 Å². The average Bonchev–Trinajstić information content (AvgIpc) is 2.09. The van der Waals surface area contributed by atoms with Crippen LogP contribution in [0.5, 0.6) is 0 Å². The summed E-state index contributed by atoms with van der Waals surface area (Å²) in [6, 6.07) is 0. The van der Waals surface area contributed by atoms with Gasteiger partial charge in [0.25, 0.3) is 0 Å². The summed E-state index contributed by atoms with van der Waals surface area (Å²) >= 11 is 0. The van der Waals surface area contributed by atoms with Crippen LogP contribution in [0.3, 0.4) is 0 Å². The van der Waals surface area contributed by atoms with E-state index in [0.717, 1.165) is 23.7 Å². The van der Waals surface area contributed by atoms with Crippen LogP contribution in [-0.4, -0.2) is 12.2 Å². The molecule has 0 aromatic rings. The molecule has 0 spiro atoms. The standard InChI is InChI=1S/C10H16O/c1-5-7-3-8-6(2)11-10(5)4-9(7)8/h5-10H,3-4H2,1-2H3/t5-,6+,7+,8?,9+,10?/m0/s1. The fourth-order valence-electron chi connectivity index (χ4n) is 3.59. The van der Waals surface area contributed by atoms with Crippen molar-refractivity contribution in [2.45, 2.75) is 38.9 Å². The molecule has 0 N–H and O–H groups in total. The van der Waals surface area contributed by atoms with Crippen LogP contribution in [0.4, 0.5) is 0 Å². The quantitative estimate of drug-likeness (QED) is 0.516. The van der Waals surface area contributed by atoms with Gasteiger partial charge in [0.15, 0.2) is 0 Å². The van der Waals surface area contributed by atoms with Gasteiger partial charge in [0.1, 0.15) is 0 Å². The first-order chi connectivity index (χ1) is 5.27. The number of hydrogen-bond donors (Lipinski definition) is 0. The fourth-order valence-corrected chi connectivity index (χ4v) is 3.59. The normalized spacial score (nSPS) is 66.0. The third-order valence-electron chi connectivity index (χ3n) is 4.40. The smallest absolute Gasteiger partial charge is 0.0610 e. The second-order valence-electron chi connectivity index (χ2n) is 4.70. The van der Waals surface area contributed by atoms with Crippen LogP contribution in [0.25, 0.3) is 0 Å². The van der Waals surface area contributed by atoms with Gasteiger partial charge in [-0.15, -0.1) is 0 Å². The van der Waals surface area contributed by atoms with Gasteiger partial charge in [0, 0.05) is 0 Å². The van der Waals surface area contributed by atoms with Crippen molar-refractivity contribution >= 4 is 0 Å². The van der Waals surface area contributed by atoms with Crippen LogP contribution in [0.15, 0.2) is 0 Å². The molecule has 3 rings (SSSR count). The zero-order valence-corrected chi connectivity index (χ0v) is 7.29. The van der Waals surface area contributed by atoms with Crippen LogP contribution in [0.1, 0.15) is 26.7 Å². The highest BCUT2D eigenvalue weighted by molar-refractivity contribution is 5.06. The lowest BCUT2D eigenvalue weighted by molar-refractivity contribution is -0.0977. The molecule has 1 nitrogen and oxygen atoms in total. The Morgan fingerprint density at radius 2 is 1.82 bits per heavy atom. The lowest BCUT2D eigenvalue weighted by atomic mass is 9.63. The molecular weight excluding hydrogens is 136 g/mol. The zero-order chi connectivity index (χ0) is 7.59. The lowest BCUT2D eigenvalue weighted by Gasteiger charge is -2.45. The average molecular weight is 152 g/mol. The summed E-state index contributed by atoms with van der Waals surface area (Å²) < 4.78 is 5.94. The summed E-state index contributed by atoms with van der Waals surface area (Å²) in [7, 11) is 0. The van der Waals surface area contributed by atoms with E-state index in [2.05, 4.69) is 13.8 Å². The molecule has 2 saturated carbocycles. The van der Waals surface area contributed by atoms with E-state index in [1.165, 1.54) is 12.8 Å². The first-order valence-corrected chi connectivity index (χ1v) is 4.93. The van der Waals surface area contributed by atoms with Crippen molar-refractivity contribution in [3.63, 3.8) is 0 Å². The Morgan fingerprint density at radius 3 is 2.64 bits per heavy atom. The van der Waals surface area contributed by atoms with Gasteiger partial charge in [0.2, 0.25) is 0 Å². The SMILES string of the molecule is C[C@@H]1C2C[C@H]3C(C[C@H]13)[C@@H](C)O2. The van der Waals surface area contributed by atoms with Crippen LogP contribution < -0.4 is 0 Å². The molecule has 0 aromatic carbocycles. The summed E-state index contributed by atoms with van der Waals surface area (Å²) in [4.78, 5) is 0. The maximum Gasteiger partial charge on any atom is 0.0610 e. The van der Waals surface area contributed by atoms with Crippen molar-refractivity contribution in [2.24, 2.45) is 23.7 Å². The Kier molecular flexibility index (Phi) is 1.07. The predicted octanol–water partition coefficient (Wildman–Crippen LogP) is 2.07. The van der Waals surface area contributed by atoms with Gasteiger partial charge >= 0.3 is 0 Å². The first kappa shape index (κ1) is 6.47. The van der Waals surface area contributed by atoms with E-state index in [1.54, 1.807) is 0 Å². The molecule has 1 aliphatic heterocycles. The second-order valence-corrected chi connectivity index (χ2v) is 4.70. The van der Waals surface area contributed by atoms with Crippen LogP contribution in [0, 0.1) is 23.7 Å². The molecule has 1 heterocycles. The molecule has 0 aromatic heterocycles. The van der Waals surface area contributed by atoms with Crippen molar-refractivity contribution < 1.29 is 4.74 Å². The molecule has 62 valence electrons. The molecule has 1 saturated heterocycles. The largest absolute Gasteiger partial charge is 0.375 e. The molecule has 3 fully saturated rings. The third-order valence-corrected chi connectivity index (χ3v) is 4.40. The second kappa shape index (κ2) is 1.82. The number of ether oxygens (including phenoxy) is 1. The van der Waals surface area contributed by atoms with Crippen molar-refractivity contribution in [2.75, 3.05) is 0 Å². The van der Waals surface area contributed by atoms with Gasteiger partial charge in [-0.05, 0) is 43.4 Å². The molecule has 2 aliphatic carbocycles. The van der Waals surface area contributed by atoms with E-state index in [1.807, 2.05) is 0 Å². The van der Waals surface area contributed by atoms with Crippen LogP contribution in [-0.2, 0) is 4.74 Å². The van der Waals surface area contributed by atoms with E-state index < -0.39 is 0 Å². The topological polar surface area (TPSA) is 9.23 Å². The summed E-state index contributed by atoms with van der Waals surface area (Å²) in [6.45, 7) is 4.64. The molecule has 6 atom stereocenters. The van der Waals surface area contributed by atoms with E-state index in [4.69, 9.17) is 4.74 Å². The number of rotatable bonds is 0. The Balaban J connectivity index is 1.94. The Labute approximate surface area is 68.1 Å². The lowest BCUT2D eigenvalue weighted by Crippen LogP contribution is -2.42. The number of hydrogen-bond acceptors (Lipinski definition) is 1. The number of fused-ring (bicyclic) bond motifs is 1. The minimum Gasteiger partial charge on any atom is -0.375 e. The van der Waals surface area contributed by atoms with Gasteiger partial charge in [-0.2, -0.15) is 0 Å². The van der Waals surface area contributed by atoms with Gasteiger partial charge < -0.3 is 4.74 Å². The van der Waals surface area contributed by atoms with Gasteiger partial charge in [-0.1, -0.05) is 6.92 Å². The molecule has 11 heavy (non-hydrogen) atoms. The predicted molar refractivity (Wildman–Crippen MR) is 43.2 cm³/mol. The molecule has 0 radical (unpaired) electrons. The van der Waals surface area contributed by atoms with Gasteiger partial charge in [-0.3, -0.25) is 0 Å². The molecule has 0 amide bonds. The summed E-state index contributed by atoms with van der Waals surface area (Å²) in [5.41, 5.74) is 0. The zero-order valence-electron chi connectivity index (χ0n) is 7.29. The van der Waals surface area contributed by atoms with Crippen molar-refractivity contribution in [1.29, 1.82) is 0 Å². The molecule has 2 bridgehead atoms. The molecule has 1 heteroatoms. The van der Waals surface area contributed by atoms with E-state index in [9.17, 15) is 0 Å². The molecule has 2 unspecified atom stereocenters. The monoisotopic (exact) mass is 152 g/mol. The summed E-state index contributed by atoms with van der Waals surface area (Å²) in [5, 5.41) is 0. The highest BCUT2D eigenvalue weighted by Crippen LogP contribution is 2.60. The highest BCUT2D eigenvalue weighted by atomic mass is 16.5. The molecule has 3 aliphatic rings. The van der Waals surface area contributed by atoms with Gasteiger partial charge in [0.05, 0.1) is 12.2 Å². The Bertz CT molecular complexity index is 181. The third kappa shape index (κ3) is 0.618. The first-order valence-electron chi connectivity index (χ1n) is 4.93. The fraction of sp³-hybridized carbons (Fsp3) is 1.00. The summed E-state index contributed by atoms with van der Waals surface area (Å²) in [6.07, 6.45) is 4.03. The Morgan fingerprint density at radius 1 is 1.00 bits per heavy atom. The van der Waals surface area contributed by atoms with E-state index in [-0.39, 0.29) is 0 Å². The molecular formula is C10H16O.